The van der Waals surface area contributed by atoms with Crippen LogP contribution in [0.5, 0.6) is 0 Å². The second-order valence-corrected chi connectivity index (χ2v) is 6.77. The van der Waals surface area contributed by atoms with Crippen molar-refractivity contribution in [3.05, 3.63) is 24.0 Å². The SMILES string of the molecule is CC(C)N1CCOC(CN2CCN(C(=O)c3cc[nH]c3)CC2)C1. The molecule has 2 aliphatic heterocycles. The number of rotatable bonds is 4. The first-order chi connectivity index (χ1) is 11.1. The molecule has 6 heteroatoms. The smallest absolute Gasteiger partial charge is 0.255 e. The second kappa shape index (κ2) is 7.47. The molecule has 2 aliphatic rings. The van der Waals surface area contributed by atoms with E-state index in [1.54, 1.807) is 12.4 Å². The molecule has 0 radical (unpaired) electrons. The van der Waals surface area contributed by atoms with E-state index in [9.17, 15) is 4.79 Å². The van der Waals surface area contributed by atoms with Crippen molar-refractivity contribution in [2.75, 3.05) is 52.4 Å². The van der Waals surface area contributed by atoms with Gasteiger partial charge in [-0.15, -0.1) is 0 Å². The van der Waals surface area contributed by atoms with Crippen LogP contribution in [-0.2, 0) is 4.74 Å². The molecule has 128 valence electrons. The lowest BCUT2D eigenvalue weighted by Gasteiger charge is -2.40. The number of morpholine rings is 1. The molecule has 0 aliphatic carbocycles. The average molecular weight is 320 g/mol. The Labute approximate surface area is 138 Å². The van der Waals surface area contributed by atoms with Crippen molar-refractivity contribution in [3.63, 3.8) is 0 Å². The van der Waals surface area contributed by atoms with Crippen LogP contribution in [0.15, 0.2) is 18.5 Å². The molecule has 1 atom stereocenters. The lowest BCUT2D eigenvalue weighted by Crippen LogP contribution is -2.54. The molecule has 1 unspecified atom stereocenters. The fraction of sp³-hybridized carbons (Fsp3) is 0.706. The summed E-state index contributed by atoms with van der Waals surface area (Å²) >= 11 is 0. The number of ether oxygens (including phenoxy) is 1. The standard InChI is InChI=1S/C17H28N4O2/c1-14(2)21-9-10-23-16(13-21)12-19-5-7-20(8-6-19)17(22)15-3-4-18-11-15/h3-4,11,14,16,18H,5-10,12-13H2,1-2H3. The van der Waals surface area contributed by atoms with E-state index in [0.29, 0.717) is 6.04 Å². The number of nitrogens with one attached hydrogen (secondary N) is 1. The minimum absolute atomic E-state index is 0.130. The highest BCUT2D eigenvalue weighted by Crippen LogP contribution is 2.13. The Balaban J connectivity index is 1.45. The van der Waals surface area contributed by atoms with Crippen molar-refractivity contribution >= 4 is 5.91 Å². The zero-order valence-corrected chi connectivity index (χ0v) is 14.2. The van der Waals surface area contributed by atoms with Gasteiger partial charge in [-0.2, -0.15) is 0 Å². The van der Waals surface area contributed by atoms with Gasteiger partial charge >= 0.3 is 0 Å². The number of piperazine rings is 1. The molecule has 2 fully saturated rings. The van der Waals surface area contributed by atoms with Crippen LogP contribution in [0.25, 0.3) is 0 Å². The Hall–Kier alpha value is -1.37. The van der Waals surface area contributed by atoms with E-state index in [1.165, 1.54) is 0 Å². The molecule has 1 aromatic heterocycles. The summed E-state index contributed by atoms with van der Waals surface area (Å²) < 4.78 is 5.93. The van der Waals surface area contributed by atoms with Crippen LogP contribution in [0.4, 0.5) is 0 Å². The molecular weight excluding hydrogens is 292 g/mol. The summed E-state index contributed by atoms with van der Waals surface area (Å²) in [5, 5.41) is 0. The van der Waals surface area contributed by atoms with Crippen molar-refractivity contribution in [1.82, 2.24) is 19.7 Å². The first kappa shape index (κ1) is 16.5. The summed E-state index contributed by atoms with van der Waals surface area (Å²) in [7, 11) is 0. The second-order valence-electron chi connectivity index (χ2n) is 6.77. The third-order valence-electron chi connectivity index (χ3n) is 4.87. The number of H-pyrrole nitrogens is 1. The Bertz CT molecular complexity index is 495. The van der Waals surface area contributed by atoms with Crippen LogP contribution in [0.1, 0.15) is 24.2 Å². The van der Waals surface area contributed by atoms with Gasteiger partial charge in [0.2, 0.25) is 0 Å². The van der Waals surface area contributed by atoms with Gasteiger partial charge in [-0.1, -0.05) is 0 Å². The highest BCUT2D eigenvalue weighted by molar-refractivity contribution is 5.94. The number of carbonyl (C=O) groups is 1. The van der Waals surface area contributed by atoms with E-state index >= 15 is 0 Å². The summed E-state index contributed by atoms with van der Waals surface area (Å²) in [5.74, 6) is 0.130. The number of amides is 1. The average Bonchev–Trinajstić information content (AvgIpc) is 3.09. The minimum Gasteiger partial charge on any atom is -0.374 e. The van der Waals surface area contributed by atoms with Crippen LogP contribution in [-0.4, -0.2) is 90.2 Å². The van der Waals surface area contributed by atoms with Gasteiger partial charge in [0, 0.05) is 64.2 Å². The van der Waals surface area contributed by atoms with Crippen molar-refractivity contribution in [2.45, 2.75) is 26.0 Å². The Kier molecular flexibility index (Phi) is 5.35. The Morgan fingerprint density at radius 1 is 1.30 bits per heavy atom. The van der Waals surface area contributed by atoms with Crippen LogP contribution < -0.4 is 0 Å². The largest absolute Gasteiger partial charge is 0.374 e. The lowest BCUT2D eigenvalue weighted by atomic mass is 10.2. The van der Waals surface area contributed by atoms with Crippen LogP contribution in [0, 0.1) is 0 Å². The molecular formula is C17H28N4O2. The molecule has 2 saturated heterocycles. The maximum atomic E-state index is 12.3. The number of aromatic amines is 1. The van der Waals surface area contributed by atoms with Gasteiger partial charge < -0.3 is 14.6 Å². The zero-order chi connectivity index (χ0) is 16.2. The van der Waals surface area contributed by atoms with E-state index in [-0.39, 0.29) is 12.0 Å². The topological polar surface area (TPSA) is 51.8 Å². The molecule has 0 saturated carbocycles. The third-order valence-corrected chi connectivity index (χ3v) is 4.87. The number of aromatic nitrogens is 1. The number of carbonyl (C=O) groups excluding carboxylic acids is 1. The summed E-state index contributed by atoms with van der Waals surface area (Å²) in [4.78, 5) is 22.1. The van der Waals surface area contributed by atoms with Gasteiger partial charge in [0.1, 0.15) is 0 Å². The number of nitrogens with zero attached hydrogens (tertiary/aromatic N) is 3. The van der Waals surface area contributed by atoms with Gasteiger partial charge in [0.25, 0.3) is 5.91 Å². The predicted octanol–water partition coefficient (Wildman–Crippen LogP) is 0.882. The van der Waals surface area contributed by atoms with Gasteiger partial charge in [-0.3, -0.25) is 14.6 Å². The number of hydrogen-bond donors (Lipinski definition) is 1. The van der Waals surface area contributed by atoms with E-state index in [0.717, 1.165) is 58.0 Å². The minimum atomic E-state index is 0.130. The van der Waals surface area contributed by atoms with Gasteiger partial charge in [0.15, 0.2) is 0 Å². The van der Waals surface area contributed by atoms with E-state index in [1.807, 2.05) is 11.0 Å². The molecule has 3 heterocycles. The lowest BCUT2D eigenvalue weighted by molar-refractivity contribution is -0.0555. The highest BCUT2D eigenvalue weighted by Gasteiger charge is 2.27. The third kappa shape index (κ3) is 4.13. The fourth-order valence-electron chi connectivity index (χ4n) is 3.38. The quantitative estimate of drug-likeness (QED) is 0.895. The van der Waals surface area contributed by atoms with Crippen LogP contribution in [0.2, 0.25) is 0 Å². The molecule has 6 nitrogen and oxygen atoms in total. The molecule has 1 aromatic rings. The van der Waals surface area contributed by atoms with E-state index in [4.69, 9.17) is 4.74 Å². The maximum absolute atomic E-state index is 12.3. The van der Waals surface area contributed by atoms with E-state index in [2.05, 4.69) is 28.6 Å². The molecule has 1 amide bonds. The monoisotopic (exact) mass is 320 g/mol. The van der Waals surface area contributed by atoms with Crippen LogP contribution >= 0.6 is 0 Å². The molecule has 3 rings (SSSR count). The Morgan fingerprint density at radius 2 is 2.09 bits per heavy atom. The fourth-order valence-corrected chi connectivity index (χ4v) is 3.38. The Morgan fingerprint density at radius 3 is 2.74 bits per heavy atom. The first-order valence-electron chi connectivity index (χ1n) is 8.63. The van der Waals surface area contributed by atoms with Gasteiger partial charge in [-0.05, 0) is 19.9 Å². The molecule has 23 heavy (non-hydrogen) atoms. The molecule has 1 N–H and O–H groups in total. The van der Waals surface area contributed by atoms with E-state index < -0.39 is 0 Å². The summed E-state index contributed by atoms with van der Waals surface area (Å²) in [6, 6.07) is 2.42. The van der Waals surface area contributed by atoms with Crippen molar-refractivity contribution in [1.29, 1.82) is 0 Å². The van der Waals surface area contributed by atoms with Crippen molar-refractivity contribution < 1.29 is 9.53 Å². The van der Waals surface area contributed by atoms with Crippen molar-refractivity contribution in [3.8, 4) is 0 Å². The van der Waals surface area contributed by atoms with Crippen LogP contribution in [0.3, 0.4) is 0 Å². The maximum Gasteiger partial charge on any atom is 0.255 e. The highest BCUT2D eigenvalue weighted by atomic mass is 16.5. The summed E-state index contributed by atoms with van der Waals surface area (Å²) in [6.07, 6.45) is 3.85. The first-order valence-corrected chi connectivity index (χ1v) is 8.63. The summed E-state index contributed by atoms with van der Waals surface area (Å²) in [5.41, 5.74) is 0.752. The predicted molar refractivity (Wildman–Crippen MR) is 89.6 cm³/mol. The molecule has 0 spiro atoms. The molecule has 0 bridgehead atoms. The van der Waals surface area contributed by atoms with Crippen molar-refractivity contribution in [2.24, 2.45) is 0 Å². The number of hydrogen-bond acceptors (Lipinski definition) is 4. The van der Waals surface area contributed by atoms with Gasteiger partial charge in [-0.25, -0.2) is 0 Å². The molecule has 0 aromatic carbocycles. The normalized spacial score (nSPS) is 24.3. The zero-order valence-electron chi connectivity index (χ0n) is 14.2. The summed E-state index contributed by atoms with van der Waals surface area (Å²) in [6.45, 7) is 11.8. The van der Waals surface area contributed by atoms with Gasteiger partial charge in [0.05, 0.1) is 18.3 Å².